The fourth-order valence-electron chi connectivity index (χ4n) is 0.0577. The van der Waals surface area contributed by atoms with Crippen LogP contribution in [0.15, 0.2) is 0 Å². The average molecular weight is 157 g/mol. The van der Waals surface area contributed by atoms with E-state index in [2.05, 4.69) is 0 Å². The number of aliphatic hydroxyl groups is 3. The van der Waals surface area contributed by atoms with Gasteiger partial charge in [0.05, 0.1) is 13.2 Å². The summed E-state index contributed by atoms with van der Waals surface area (Å²) >= 11 is 0. The van der Waals surface area contributed by atoms with Crippen molar-refractivity contribution in [3.63, 3.8) is 0 Å². The molecule has 0 spiro atoms. The normalized spacial score (nSPS) is 8.57. The molecule has 0 fully saturated rings. The molecule has 7 heavy (non-hydrogen) atoms. The Hall–Kier alpha value is 0.503. The molecule has 0 rings (SSSR count). The molecule has 0 saturated carbocycles. The van der Waals surface area contributed by atoms with Gasteiger partial charge < -0.3 is 15.3 Å². The predicted molar refractivity (Wildman–Crippen MR) is 20.2 cm³/mol. The molecule has 0 radical (unpaired) electrons. The first-order valence-electron chi connectivity index (χ1n) is 1.71. The van der Waals surface area contributed by atoms with E-state index in [-0.39, 0.29) is 32.7 Å². The third kappa shape index (κ3) is 6.50. The summed E-state index contributed by atoms with van der Waals surface area (Å²) in [6.45, 7) is -0.729. The molecule has 0 aliphatic heterocycles. The Labute approximate surface area is 54.7 Å². The molecule has 0 unspecified atom stereocenters. The largest absolute Gasteiger partial charge is 0.394 e. The summed E-state index contributed by atoms with van der Waals surface area (Å²) in [6.07, 6.45) is -0.954. The van der Waals surface area contributed by atoms with E-state index in [1.807, 2.05) is 0 Å². The van der Waals surface area contributed by atoms with Crippen molar-refractivity contribution in [2.45, 2.75) is 6.10 Å². The standard InChI is InChI=1S/C3H8O3.Zn/c4-1-3(6)2-5;/h3-6H,1-2H2;. The number of aliphatic hydroxyl groups excluding tert-OH is 3. The monoisotopic (exact) mass is 156 g/mol. The number of hydrogen-bond acceptors (Lipinski definition) is 3. The SMILES string of the molecule is OCC(O)CO.[Zn]. The molecule has 0 aromatic carbocycles. The van der Waals surface area contributed by atoms with Gasteiger partial charge in [0.1, 0.15) is 6.10 Å². The van der Waals surface area contributed by atoms with Crippen LogP contribution in [0.4, 0.5) is 0 Å². The Morgan fingerprint density at radius 3 is 1.43 bits per heavy atom. The Bertz CT molecular complexity index is 29.4. The first kappa shape index (κ1) is 10.5. The van der Waals surface area contributed by atoms with Gasteiger partial charge >= 0.3 is 0 Å². The van der Waals surface area contributed by atoms with Gasteiger partial charge in [0.25, 0.3) is 0 Å². The molecule has 0 aliphatic carbocycles. The third-order valence-corrected chi connectivity index (χ3v) is 0.421. The Morgan fingerprint density at radius 2 is 1.43 bits per heavy atom. The molecule has 0 aromatic rings. The van der Waals surface area contributed by atoms with Crippen molar-refractivity contribution >= 4 is 0 Å². The summed E-state index contributed by atoms with van der Waals surface area (Å²) in [5, 5.41) is 24.0. The van der Waals surface area contributed by atoms with Crippen LogP contribution in [-0.4, -0.2) is 34.6 Å². The van der Waals surface area contributed by atoms with Crippen LogP contribution in [-0.2, 0) is 19.5 Å². The molecule has 0 aromatic heterocycles. The summed E-state index contributed by atoms with van der Waals surface area (Å²) in [7, 11) is 0. The topological polar surface area (TPSA) is 60.7 Å². The van der Waals surface area contributed by atoms with Crippen molar-refractivity contribution in [2.24, 2.45) is 0 Å². The molecule has 0 atom stereocenters. The quantitative estimate of drug-likeness (QED) is 0.420. The number of hydrogen-bond donors (Lipinski definition) is 3. The van der Waals surface area contributed by atoms with E-state index in [9.17, 15) is 0 Å². The second-order valence-corrected chi connectivity index (χ2v) is 1.02. The van der Waals surface area contributed by atoms with Gasteiger partial charge in [-0.15, -0.1) is 0 Å². The minimum absolute atomic E-state index is 0. The molecule has 3 nitrogen and oxygen atoms in total. The average Bonchev–Trinajstić information content (AvgIpc) is 1.65. The fourth-order valence-corrected chi connectivity index (χ4v) is 0.0577. The van der Waals surface area contributed by atoms with Crippen LogP contribution in [0.3, 0.4) is 0 Å². The van der Waals surface area contributed by atoms with Gasteiger partial charge in [-0.1, -0.05) is 0 Å². The first-order chi connectivity index (χ1) is 2.81. The Balaban J connectivity index is 0. The zero-order valence-electron chi connectivity index (χ0n) is 4.04. The van der Waals surface area contributed by atoms with Crippen molar-refractivity contribution in [2.75, 3.05) is 13.2 Å². The summed E-state index contributed by atoms with van der Waals surface area (Å²) in [6, 6.07) is 0. The van der Waals surface area contributed by atoms with E-state index < -0.39 is 6.10 Å². The van der Waals surface area contributed by atoms with Crippen LogP contribution in [0.25, 0.3) is 0 Å². The molecule has 4 heteroatoms. The Kier molecular flexibility index (Phi) is 9.73. The van der Waals surface area contributed by atoms with Crippen LogP contribution in [0, 0.1) is 0 Å². The van der Waals surface area contributed by atoms with E-state index >= 15 is 0 Å². The first-order valence-corrected chi connectivity index (χ1v) is 1.71. The maximum Gasteiger partial charge on any atom is 0.100 e. The predicted octanol–water partition coefficient (Wildman–Crippen LogP) is -1.67. The van der Waals surface area contributed by atoms with E-state index in [0.29, 0.717) is 0 Å². The molecular weight excluding hydrogens is 149 g/mol. The zero-order valence-corrected chi connectivity index (χ0v) is 7.01. The van der Waals surface area contributed by atoms with Crippen LogP contribution >= 0.6 is 0 Å². The summed E-state index contributed by atoms with van der Waals surface area (Å²) < 4.78 is 0. The summed E-state index contributed by atoms with van der Waals surface area (Å²) in [4.78, 5) is 0. The third-order valence-electron chi connectivity index (χ3n) is 0.421. The van der Waals surface area contributed by atoms with Gasteiger partial charge in [0, 0.05) is 19.5 Å². The van der Waals surface area contributed by atoms with Gasteiger partial charge in [-0.25, -0.2) is 0 Å². The summed E-state index contributed by atoms with van der Waals surface area (Å²) in [5.41, 5.74) is 0. The number of rotatable bonds is 2. The van der Waals surface area contributed by atoms with Crippen molar-refractivity contribution in [3.05, 3.63) is 0 Å². The maximum absolute atomic E-state index is 8.17. The smallest absolute Gasteiger partial charge is 0.100 e. The van der Waals surface area contributed by atoms with Crippen molar-refractivity contribution in [3.8, 4) is 0 Å². The van der Waals surface area contributed by atoms with E-state index in [0.717, 1.165) is 0 Å². The molecule has 0 amide bonds. The minimum Gasteiger partial charge on any atom is -0.394 e. The van der Waals surface area contributed by atoms with Gasteiger partial charge in [-0.3, -0.25) is 0 Å². The van der Waals surface area contributed by atoms with Gasteiger partial charge in [-0.05, 0) is 0 Å². The molecule has 40 valence electrons. The van der Waals surface area contributed by atoms with Crippen LogP contribution in [0.1, 0.15) is 0 Å². The Morgan fingerprint density at radius 1 is 1.14 bits per heavy atom. The molecule has 3 N–H and O–H groups in total. The molecular formula is C3H8O3Zn. The molecule has 0 saturated heterocycles. The van der Waals surface area contributed by atoms with Crippen LogP contribution < -0.4 is 0 Å². The minimum atomic E-state index is -0.954. The van der Waals surface area contributed by atoms with E-state index in [1.165, 1.54) is 0 Å². The van der Waals surface area contributed by atoms with Gasteiger partial charge in [0.2, 0.25) is 0 Å². The second-order valence-electron chi connectivity index (χ2n) is 1.02. The van der Waals surface area contributed by atoms with E-state index in [1.54, 1.807) is 0 Å². The van der Waals surface area contributed by atoms with Gasteiger partial charge in [-0.2, -0.15) is 0 Å². The fraction of sp³-hybridized carbons (Fsp3) is 1.00. The second kappa shape index (κ2) is 6.50. The molecule has 0 bridgehead atoms. The van der Waals surface area contributed by atoms with Crippen molar-refractivity contribution in [1.29, 1.82) is 0 Å². The maximum atomic E-state index is 8.17. The van der Waals surface area contributed by atoms with E-state index in [4.69, 9.17) is 15.3 Å². The summed E-state index contributed by atoms with van der Waals surface area (Å²) in [5.74, 6) is 0. The van der Waals surface area contributed by atoms with Crippen LogP contribution in [0.2, 0.25) is 0 Å². The molecule has 0 heterocycles. The van der Waals surface area contributed by atoms with Crippen molar-refractivity contribution < 1.29 is 34.8 Å². The van der Waals surface area contributed by atoms with Crippen LogP contribution in [0.5, 0.6) is 0 Å². The zero-order chi connectivity index (χ0) is 4.99. The van der Waals surface area contributed by atoms with Crippen molar-refractivity contribution in [1.82, 2.24) is 0 Å². The molecule has 0 aliphatic rings. The van der Waals surface area contributed by atoms with Gasteiger partial charge in [0.15, 0.2) is 0 Å².